The number of aromatic nitrogens is 2. The molecule has 2 aliphatic carbocycles. The summed E-state index contributed by atoms with van der Waals surface area (Å²) in [6.45, 7) is 4.24. The molecule has 0 radical (unpaired) electrons. The Kier molecular flexibility index (Phi) is 9.80. The van der Waals surface area contributed by atoms with Gasteiger partial charge >= 0.3 is 11.9 Å². The number of rotatable bonds is 11. The summed E-state index contributed by atoms with van der Waals surface area (Å²) in [7, 11) is 1.31. The highest BCUT2D eigenvalue weighted by Crippen LogP contribution is 2.35. The zero-order valence-corrected chi connectivity index (χ0v) is 31.1. The molecule has 3 unspecified atom stereocenters. The van der Waals surface area contributed by atoms with Crippen LogP contribution in [0.1, 0.15) is 80.3 Å². The molecule has 2 aromatic carbocycles. The van der Waals surface area contributed by atoms with Crippen LogP contribution in [-0.4, -0.2) is 80.9 Å². The summed E-state index contributed by atoms with van der Waals surface area (Å²) in [4.78, 5) is 43.2. The second-order valence-electron chi connectivity index (χ2n) is 14.5. The number of anilines is 2. The summed E-state index contributed by atoms with van der Waals surface area (Å²) in [5.41, 5.74) is 8.65. The van der Waals surface area contributed by atoms with Gasteiger partial charge in [0.25, 0.3) is 0 Å². The third-order valence-corrected chi connectivity index (χ3v) is 12.7. The van der Waals surface area contributed by atoms with Gasteiger partial charge in [0.1, 0.15) is 16.1 Å². The molecule has 3 atom stereocenters. The van der Waals surface area contributed by atoms with Crippen LogP contribution in [0.25, 0.3) is 21.8 Å². The lowest BCUT2D eigenvalue weighted by atomic mass is 10.1. The maximum Gasteiger partial charge on any atom is 0.349 e. The molecule has 4 heterocycles. The van der Waals surface area contributed by atoms with Gasteiger partial charge in [0.2, 0.25) is 6.10 Å². The third-order valence-electron chi connectivity index (χ3n) is 10.5. The molecule has 4 aromatic rings. The molecule has 268 valence electrons. The van der Waals surface area contributed by atoms with Crippen molar-refractivity contribution < 1.29 is 19.1 Å². The van der Waals surface area contributed by atoms with Gasteiger partial charge in [-0.05, 0) is 87.1 Å². The average molecular weight is 727 g/mol. The first-order chi connectivity index (χ1) is 24.8. The molecule has 8 rings (SSSR count). The monoisotopic (exact) mass is 726 g/mol. The molecule has 2 saturated carbocycles. The van der Waals surface area contributed by atoms with Crippen LogP contribution < -0.4 is 10.6 Å². The van der Waals surface area contributed by atoms with Crippen LogP contribution in [0.2, 0.25) is 0 Å². The van der Waals surface area contributed by atoms with Gasteiger partial charge in [-0.15, -0.1) is 23.5 Å². The van der Waals surface area contributed by atoms with Gasteiger partial charge < -0.3 is 30.1 Å². The van der Waals surface area contributed by atoms with E-state index in [2.05, 4.69) is 70.8 Å². The molecular formula is C39H46N6O4S2. The standard InChI is InChI=1S/C39H46N6O4S2/c1-21-12-23-16-30(43-34(23)28(14-21)40-25-8-4-5-9-25)37-42-27(19-50-37)18-33(46)49-36(39(47)48-3)32-20-51-38(45-32)31-17-24-13-22(2)15-29(35(24)44-31)41-26-10-6-7-11-26/h12-17,25-27,32,36,40-41,43-44H,4-11,18-20H2,1-3H3. The summed E-state index contributed by atoms with van der Waals surface area (Å²) >= 11 is 3.19. The van der Waals surface area contributed by atoms with Crippen molar-refractivity contribution >= 4 is 78.7 Å². The Morgan fingerprint density at radius 2 is 1.31 bits per heavy atom. The second-order valence-corrected chi connectivity index (χ2v) is 16.5. The fourth-order valence-corrected chi connectivity index (χ4v) is 10.1. The number of hydrogen-bond acceptors (Lipinski definition) is 10. The number of carbonyl (C=O) groups is 2. The Hall–Kier alpha value is -3.90. The number of hydrogen-bond donors (Lipinski definition) is 4. The lowest BCUT2D eigenvalue weighted by Crippen LogP contribution is -2.39. The number of aryl methyl sites for hydroxylation is 2. The second kappa shape index (κ2) is 14.6. The molecule has 2 aliphatic heterocycles. The first kappa shape index (κ1) is 34.2. The number of benzene rings is 2. The number of methoxy groups -OCH3 is 1. The molecule has 12 heteroatoms. The summed E-state index contributed by atoms with van der Waals surface area (Å²) in [6, 6.07) is 13.2. The van der Waals surface area contributed by atoms with E-state index in [1.165, 1.54) is 69.6 Å². The molecule has 0 amide bonds. The summed E-state index contributed by atoms with van der Waals surface area (Å²) < 4.78 is 10.9. The first-order valence-corrected chi connectivity index (χ1v) is 20.3. The molecular weight excluding hydrogens is 681 g/mol. The Bertz CT molecular complexity index is 2020. The fourth-order valence-electron chi connectivity index (χ4n) is 7.97. The van der Waals surface area contributed by atoms with E-state index < -0.39 is 24.1 Å². The van der Waals surface area contributed by atoms with Gasteiger partial charge in [0.15, 0.2) is 0 Å². The number of aromatic amines is 2. The number of aliphatic imine (C=N–C) groups is 2. The van der Waals surface area contributed by atoms with Crippen LogP contribution in [0.4, 0.5) is 11.4 Å². The zero-order valence-electron chi connectivity index (χ0n) is 29.5. The number of esters is 2. The Balaban J connectivity index is 0.945. The highest BCUT2D eigenvalue weighted by atomic mass is 32.2. The van der Waals surface area contributed by atoms with Crippen molar-refractivity contribution in [3.8, 4) is 0 Å². The average Bonchev–Trinajstić information content (AvgIpc) is 3.94. The van der Waals surface area contributed by atoms with Crippen molar-refractivity contribution in [1.82, 2.24) is 9.97 Å². The summed E-state index contributed by atoms with van der Waals surface area (Å²) in [5, 5.41) is 11.5. The van der Waals surface area contributed by atoms with E-state index >= 15 is 0 Å². The molecule has 2 fully saturated rings. The van der Waals surface area contributed by atoms with E-state index in [-0.39, 0.29) is 12.5 Å². The number of fused-ring (bicyclic) bond motifs is 2. The largest absolute Gasteiger partial charge is 0.466 e. The van der Waals surface area contributed by atoms with E-state index in [0.717, 1.165) is 54.7 Å². The Labute approximate surface area is 306 Å². The maximum atomic E-state index is 13.3. The quantitative estimate of drug-likeness (QED) is 0.115. The number of ether oxygens (including phenoxy) is 2. The van der Waals surface area contributed by atoms with Gasteiger partial charge in [-0.1, -0.05) is 25.7 Å². The fraction of sp³-hybridized carbons (Fsp3) is 0.487. The van der Waals surface area contributed by atoms with Crippen LogP contribution in [0.5, 0.6) is 0 Å². The smallest absolute Gasteiger partial charge is 0.349 e. The molecule has 0 spiro atoms. The molecule has 4 aliphatic rings. The number of nitrogens with one attached hydrogen (secondary N) is 4. The third kappa shape index (κ3) is 7.40. The molecule has 4 N–H and O–H groups in total. The topological polar surface area (TPSA) is 133 Å². The van der Waals surface area contributed by atoms with Gasteiger partial charge in [-0.2, -0.15) is 0 Å². The number of H-pyrrole nitrogens is 2. The SMILES string of the molecule is COC(=O)C(OC(=O)CC1CSC(c2cc3cc(C)cc(NC4CCCC4)c3[nH]2)=N1)C1CSC(c2cc3cc(C)cc(NC4CCCC4)c3[nH]2)=N1. The van der Waals surface area contributed by atoms with Crippen LogP contribution in [0.3, 0.4) is 0 Å². The molecule has 2 aromatic heterocycles. The van der Waals surface area contributed by atoms with Crippen molar-refractivity contribution in [2.75, 3.05) is 29.2 Å². The summed E-state index contributed by atoms with van der Waals surface area (Å²) in [5.74, 6) is 0.0834. The lowest BCUT2D eigenvalue weighted by molar-refractivity contribution is -0.167. The lowest BCUT2D eigenvalue weighted by Gasteiger charge is -2.19. The first-order valence-electron chi connectivity index (χ1n) is 18.3. The van der Waals surface area contributed by atoms with Gasteiger partial charge in [-0.25, -0.2) is 4.79 Å². The van der Waals surface area contributed by atoms with Crippen LogP contribution >= 0.6 is 23.5 Å². The highest BCUT2D eigenvalue weighted by molar-refractivity contribution is 8.15. The van der Waals surface area contributed by atoms with Crippen molar-refractivity contribution in [3.05, 3.63) is 58.9 Å². The molecule has 10 nitrogen and oxygen atoms in total. The van der Waals surface area contributed by atoms with E-state index in [0.29, 0.717) is 23.6 Å². The number of nitrogens with zero attached hydrogens (tertiary/aromatic N) is 2. The van der Waals surface area contributed by atoms with Crippen LogP contribution in [-0.2, 0) is 19.1 Å². The molecule has 51 heavy (non-hydrogen) atoms. The van der Waals surface area contributed by atoms with Crippen LogP contribution in [0.15, 0.2) is 46.4 Å². The van der Waals surface area contributed by atoms with E-state index in [1.807, 2.05) is 0 Å². The zero-order chi connectivity index (χ0) is 35.1. The van der Waals surface area contributed by atoms with Gasteiger partial charge in [-0.3, -0.25) is 14.8 Å². The van der Waals surface area contributed by atoms with Crippen molar-refractivity contribution in [1.29, 1.82) is 0 Å². The summed E-state index contributed by atoms with van der Waals surface area (Å²) in [6.07, 6.45) is 8.82. The predicted molar refractivity (Wildman–Crippen MR) is 210 cm³/mol. The minimum atomic E-state index is -1.13. The van der Waals surface area contributed by atoms with E-state index in [4.69, 9.17) is 19.5 Å². The minimum absolute atomic E-state index is 0.0758. The highest BCUT2D eigenvalue weighted by Gasteiger charge is 2.38. The minimum Gasteiger partial charge on any atom is -0.466 e. The molecule has 0 bridgehead atoms. The van der Waals surface area contributed by atoms with Crippen molar-refractivity contribution in [3.63, 3.8) is 0 Å². The Morgan fingerprint density at radius 3 is 1.86 bits per heavy atom. The van der Waals surface area contributed by atoms with E-state index in [9.17, 15) is 9.59 Å². The van der Waals surface area contributed by atoms with E-state index in [1.54, 1.807) is 23.5 Å². The number of carbonyl (C=O) groups excluding carboxylic acids is 2. The Morgan fingerprint density at radius 1 is 0.784 bits per heavy atom. The van der Waals surface area contributed by atoms with Crippen LogP contribution in [0, 0.1) is 13.8 Å². The van der Waals surface area contributed by atoms with Crippen molar-refractivity contribution in [2.24, 2.45) is 9.98 Å². The maximum absolute atomic E-state index is 13.3. The van der Waals surface area contributed by atoms with Crippen molar-refractivity contribution in [2.45, 2.75) is 102 Å². The van der Waals surface area contributed by atoms with Gasteiger partial charge in [0, 0.05) is 34.4 Å². The normalized spacial score (nSPS) is 21.7. The molecule has 0 saturated heterocycles. The van der Waals surface area contributed by atoms with Gasteiger partial charge in [0.05, 0.1) is 53.4 Å². The predicted octanol–water partition coefficient (Wildman–Crippen LogP) is 7.87. The number of thioether (sulfide) groups is 2.